The molecule has 3 saturated heterocycles. The number of fused-ring (bicyclic) bond motifs is 15. The van der Waals surface area contributed by atoms with Crippen molar-refractivity contribution in [1.82, 2.24) is 38.5 Å². The highest BCUT2D eigenvalue weighted by Gasteiger charge is 2.51. The third-order valence-electron chi connectivity index (χ3n) is 26.3. The van der Waals surface area contributed by atoms with E-state index in [2.05, 4.69) is 35.0 Å². The van der Waals surface area contributed by atoms with E-state index in [0.717, 1.165) is 24.6 Å². The Balaban J connectivity index is 0.000000146. The van der Waals surface area contributed by atoms with Gasteiger partial charge in [-0.2, -0.15) is 0 Å². The smallest absolute Gasteiger partial charge is 0.281 e. The van der Waals surface area contributed by atoms with Crippen molar-refractivity contribution in [3.63, 3.8) is 0 Å². The first-order chi connectivity index (χ1) is 63.5. The molecule has 0 radical (unpaired) electrons. The minimum Gasteiger partial charge on any atom is -0.507 e. The number of aromatic nitrogens is 6. The number of piperazine rings is 2. The molecule has 3 fully saturated rings. The zero-order valence-corrected chi connectivity index (χ0v) is 78.1. The third-order valence-corrected chi connectivity index (χ3v) is 27.2. The number of carbonyl (C=O) groups is 5. The summed E-state index contributed by atoms with van der Waals surface area (Å²) in [6.07, 6.45) is 8.62. The van der Waals surface area contributed by atoms with Gasteiger partial charge >= 0.3 is 0 Å². The molecule has 6 aromatic carbocycles. The van der Waals surface area contributed by atoms with Gasteiger partial charge in [0.25, 0.3) is 28.5 Å². The summed E-state index contributed by atoms with van der Waals surface area (Å²) in [7, 11) is 4.51. The maximum atomic E-state index is 17.3. The normalized spacial score (nSPS) is 18.1. The molecule has 25 nitrogen and oxygen atoms in total. The van der Waals surface area contributed by atoms with Crippen LogP contribution in [-0.4, -0.2) is 167 Å². The number of benzene rings is 6. The van der Waals surface area contributed by atoms with E-state index in [-0.39, 0.29) is 144 Å². The van der Waals surface area contributed by atoms with Crippen molar-refractivity contribution in [1.29, 1.82) is 0 Å². The van der Waals surface area contributed by atoms with Crippen molar-refractivity contribution in [2.45, 2.75) is 144 Å². The molecule has 134 heavy (non-hydrogen) atoms. The molecule has 18 rings (SSSR count). The average molecular weight is 1890 g/mol. The van der Waals surface area contributed by atoms with Crippen LogP contribution in [0.4, 0.5) is 60.5 Å². The Bertz CT molecular complexity index is 6940. The Morgan fingerprint density at radius 2 is 0.687 bits per heavy atom. The van der Waals surface area contributed by atoms with Crippen molar-refractivity contribution in [3.8, 4) is 67.7 Å². The lowest BCUT2D eigenvalue weighted by Crippen LogP contribution is -2.66. The summed E-state index contributed by atoms with van der Waals surface area (Å²) in [4.78, 5) is 137. The van der Waals surface area contributed by atoms with E-state index in [4.69, 9.17) is 34.8 Å². The first-order valence-corrected chi connectivity index (χ1v) is 44.8. The Hall–Kier alpha value is -13.5. The molecule has 6 aromatic heterocycles. The number of carbonyl (C=O) groups excluding carboxylic acids is 5. The molecule has 6 aliphatic heterocycles. The fourth-order valence-corrected chi connectivity index (χ4v) is 20.8. The monoisotopic (exact) mass is 1890 g/mol. The standard InChI is InChI=1S/2C34H32ClF2N5O4.C32H31ClF2N4O3/c2*1-7-24(44)40-15-22-33(45)39(6)32-31(41(22)14-18(40)5)19-13-20(35)25(26-21(36)9-8-10-23(26)43)27(37)30(19)42(34(32)46)29-17(4)11-12-38-28(29)16(2)3;1-15(2)26-27(17(4)11-12-36-26)39-28-18(13-19(33)23(25(28)35)24-20(34)7-6-8-22(24)40)29-30(32(39)42)37(5)31(41)21-10-9-16(3)14-38(21)29/h2*7-13,16,18,22,43H,1,14-15H2,2-6H3;6-8,11-13,15-16,21,40H,9-10,14H2,1-5H3/t2*18-,22-;16-,21+/m110/s1. The highest BCUT2D eigenvalue weighted by Crippen LogP contribution is 2.54. The number of hydrogen-bond donors (Lipinski definition) is 3. The van der Waals surface area contributed by atoms with Gasteiger partial charge in [0, 0.05) is 104 Å². The predicted octanol–water partition coefficient (Wildman–Crippen LogP) is 18.1. The second kappa shape index (κ2) is 35.5. The fraction of sp³-hybridized carbons (Fsp3) is 0.310. The Labute approximate surface area is 781 Å². The predicted molar refractivity (Wildman–Crippen MR) is 509 cm³/mol. The third kappa shape index (κ3) is 14.9. The molecule has 3 N–H and O–H groups in total. The number of hydrogen-bond acceptors (Lipinski definition) is 17. The van der Waals surface area contributed by atoms with E-state index in [1.54, 1.807) is 74.4 Å². The van der Waals surface area contributed by atoms with Crippen molar-refractivity contribution in [3.05, 3.63) is 250 Å². The summed E-state index contributed by atoms with van der Waals surface area (Å²) < 4.78 is 101. The maximum Gasteiger partial charge on any atom is 0.281 e. The number of amides is 5. The molecule has 0 bridgehead atoms. The molecule has 0 unspecified atom stereocenters. The molecular weight excluding hydrogens is 1790 g/mol. The van der Waals surface area contributed by atoms with Gasteiger partial charge < -0.3 is 54.5 Å². The van der Waals surface area contributed by atoms with Gasteiger partial charge in [-0.25, -0.2) is 26.3 Å². The van der Waals surface area contributed by atoms with Crippen LogP contribution in [-0.2, 0) is 24.0 Å². The summed E-state index contributed by atoms with van der Waals surface area (Å²) >= 11 is 20.2. The fourth-order valence-electron chi connectivity index (χ4n) is 19.9. The number of likely N-dealkylation sites (N-methyl/N-ethyl adjacent to an activating group) is 3. The minimum absolute atomic E-state index is 0.000591. The molecule has 6 aliphatic rings. The van der Waals surface area contributed by atoms with E-state index in [0.29, 0.717) is 74.9 Å². The van der Waals surface area contributed by atoms with Gasteiger partial charge in [-0.15, -0.1) is 0 Å². The van der Waals surface area contributed by atoms with E-state index in [1.807, 2.05) is 60.3 Å². The highest BCUT2D eigenvalue weighted by atomic mass is 35.5. The van der Waals surface area contributed by atoms with Crippen molar-refractivity contribution in [2.75, 3.05) is 83.3 Å². The molecule has 12 aromatic rings. The van der Waals surface area contributed by atoms with Gasteiger partial charge in [-0.1, -0.05) is 115 Å². The number of pyridine rings is 6. The summed E-state index contributed by atoms with van der Waals surface area (Å²) in [6, 6.07) is 17.2. The molecule has 0 spiro atoms. The van der Waals surface area contributed by atoms with Crippen molar-refractivity contribution < 1.29 is 65.6 Å². The van der Waals surface area contributed by atoms with Crippen LogP contribution in [0.3, 0.4) is 0 Å². The van der Waals surface area contributed by atoms with Crippen LogP contribution < -0.4 is 46.1 Å². The highest BCUT2D eigenvalue weighted by molar-refractivity contribution is 6.36. The van der Waals surface area contributed by atoms with E-state index < -0.39 is 139 Å². The summed E-state index contributed by atoms with van der Waals surface area (Å²) in [6.45, 7) is 30.4. The van der Waals surface area contributed by atoms with Crippen LogP contribution in [0, 0.1) is 61.6 Å². The SMILES string of the molecule is C=CC(=O)N1C[C@@H]2C(=O)N(C)c3c(c4cc(Cl)c(-c5c(O)cccc5F)c(F)c4n(-c4c(C)ccnc4C(C)C)c3=O)N2C[C@H]1C.C=CC(=O)N1C[C@@H]2C(=O)N(C)c3c(c4cc(Cl)c(-c5c(O)cccc5F)c(F)c4n(-c4c(C)ccnc4C(C)C)c3=O)N2C[C@H]1C.Cc1ccnc(C(C)C)c1-n1c(=O)c2c(c3cc(Cl)c(-c4c(O)cccc4F)c(F)c31)N1C[C@@H](C)CC[C@@H]1C(=O)N2C. The largest absolute Gasteiger partial charge is 0.507 e. The number of piperidine rings is 1. The molecule has 0 saturated carbocycles. The van der Waals surface area contributed by atoms with Crippen LogP contribution in [0.15, 0.2) is 149 Å². The van der Waals surface area contributed by atoms with E-state index in [1.165, 1.54) is 119 Å². The Morgan fingerprint density at radius 1 is 0.403 bits per heavy atom. The molecule has 12 heterocycles. The second-order valence-electron chi connectivity index (χ2n) is 35.8. The number of phenolic OH excluding ortho intramolecular Hbond substituents is 3. The first kappa shape index (κ1) is 93.7. The topological polar surface area (TPSA) is 277 Å². The minimum atomic E-state index is -1.04. The first-order valence-electron chi connectivity index (χ1n) is 43.6. The average Bonchev–Trinajstić information content (AvgIpc) is 0.697. The van der Waals surface area contributed by atoms with E-state index >= 15 is 26.3 Å². The van der Waals surface area contributed by atoms with Gasteiger partial charge in [0.1, 0.15) is 69.9 Å². The number of halogens is 9. The van der Waals surface area contributed by atoms with Gasteiger partial charge in [-0.05, 0) is 173 Å². The molecule has 34 heteroatoms. The summed E-state index contributed by atoms with van der Waals surface area (Å²) in [5.41, 5.74) is 0.449. The molecule has 694 valence electrons. The lowest BCUT2D eigenvalue weighted by molar-refractivity contribution is -0.132. The number of aromatic hydroxyl groups is 3. The lowest BCUT2D eigenvalue weighted by atomic mass is 9.89. The Kier molecular flexibility index (Phi) is 24.8. The van der Waals surface area contributed by atoms with Gasteiger partial charge in [0.15, 0.2) is 17.5 Å². The van der Waals surface area contributed by atoms with Crippen LogP contribution >= 0.6 is 34.8 Å². The zero-order valence-electron chi connectivity index (χ0n) is 75.9. The number of anilines is 6. The van der Waals surface area contributed by atoms with Crippen LogP contribution in [0.1, 0.15) is 127 Å². The molecular formula is C100H95Cl3F6N14O11. The van der Waals surface area contributed by atoms with Gasteiger partial charge in [-0.3, -0.25) is 67.0 Å². The summed E-state index contributed by atoms with van der Waals surface area (Å²) in [5, 5.41) is 32.1. The van der Waals surface area contributed by atoms with Gasteiger partial charge in [0.2, 0.25) is 17.7 Å². The molecule has 6 atom stereocenters. The van der Waals surface area contributed by atoms with Crippen LogP contribution in [0.5, 0.6) is 17.2 Å². The molecule has 0 aliphatic carbocycles. The van der Waals surface area contributed by atoms with E-state index in [9.17, 15) is 53.7 Å². The zero-order chi connectivity index (χ0) is 96.9. The molecule has 5 amide bonds. The number of rotatable bonds is 11. The van der Waals surface area contributed by atoms with Crippen molar-refractivity contribution in [2.24, 2.45) is 5.92 Å². The van der Waals surface area contributed by atoms with Crippen molar-refractivity contribution >= 4 is 131 Å². The quantitative estimate of drug-likeness (QED) is 0.0801. The number of phenols is 3. The van der Waals surface area contributed by atoms with Gasteiger partial charge in [0.05, 0.1) is 113 Å². The second-order valence-corrected chi connectivity index (χ2v) is 37.0. The maximum absolute atomic E-state index is 17.3. The summed E-state index contributed by atoms with van der Waals surface area (Å²) in [5.74, 6) is -9.31. The lowest BCUT2D eigenvalue weighted by Gasteiger charge is -2.50. The number of aryl methyl sites for hydroxylation is 3. The van der Waals surface area contributed by atoms with Crippen LogP contribution in [0.25, 0.3) is 83.2 Å². The number of nitrogens with zero attached hydrogens (tertiary/aromatic N) is 14. The Morgan fingerprint density at radius 3 is 0.963 bits per heavy atom. The van der Waals surface area contributed by atoms with Crippen LogP contribution in [0.2, 0.25) is 15.1 Å².